The molecule has 19 heavy (non-hydrogen) atoms. The van der Waals surface area contributed by atoms with Crippen molar-refractivity contribution in [2.75, 3.05) is 0 Å². The first-order chi connectivity index (χ1) is 9.06. The maximum absolute atomic E-state index is 11.9. The molecule has 100 valence electrons. The van der Waals surface area contributed by atoms with Gasteiger partial charge in [-0.3, -0.25) is 9.48 Å². The first-order valence-corrected chi connectivity index (χ1v) is 6.40. The van der Waals surface area contributed by atoms with E-state index in [2.05, 4.69) is 42.5 Å². The van der Waals surface area contributed by atoms with Crippen molar-refractivity contribution in [1.29, 1.82) is 0 Å². The number of rotatable bonds is 4. The highest BCUT2D eigenvalue weighted by molar-refractivity contribution is 5.76. The van der Waals surface area contributed by atoms with Crippen LogP contribution in [0.2, 0.25) is 0 Å². The van der Waals surface area contributed by atoms with Crippen LogP contribution in [0.15, 0.2) is 36.7 Å². The molecule has 0 aliphatic heterocycles. The van der Waals surface area contributed by atoms with Gasteiger partial charge in [-0.25, -0.2) is 0 Å². The summed E-state index contributed by atoms with van der Waals surface area (Å²) < 4.78 is 1.61. The van der Waals surface area contributed by atoms with Gasteiger partial charge in [0.25, 0.3) is 0 Å². The maximum Gasteiger partial charge on any atom is 0.242 e. The molecule has 0 aliphatic rings. The number of carbonyl (C=O) groups excluding carboxylic acids is 1. The number of benzene rings is 1. The van der Waals surface area contributed by atoms with Crippen LogP contribution < -0.4 is 5.32 Å². The molecule has 0 aliphatic carbocycles. The van der Waals surface area contributed by atoms with Gasteiger partial charge in [0.05, 0.1) is 6.04 Å². The summed E-state index contributed by atoms with van der Waals surface area (Å²) in [5, 5.41) is 7.00. The first kappa shape index (κ1) is 13.3. The molecule has 1 unspecified atom stereocenters. The van der Waals surface area contributed by atoms with Gasteiger partial charge in [-0.1, -0.05) is 18.2 Å². The summed E-state index contributed by atoms with van der Waals surface area (Å²) in [6.07, 6.45) is 3.44. The van der Waals surface area contributed by atoms with Crippen LogP contribution in [0.5, 0.6) is 0 Å². The van der Waals surface area contributed by atoms with Crippen molar-refractivity contribution in [3.05, 3.63) is 53.3 Å². The van der Waals surface area contributed by atoms with Gasteiger partial charge in [0.15, 0.2) is 0 Å². The second-order valence-corrected chi connectivity index (χ2v) is 4.84. The monoisotopic (exact) mass is 257 g/mol. The zero-order valence-electron chi connectivity index (χ0n) is 11.6. The second kappa shape index (κ2) is 5.69. The number of nitrogens with one attached hydrogen (secondary N) is 1. The predicted octanol–water partition coefficient (Wildman–Crippen LogP) is 2.38. The number of hydrogen-bond donors (Lipinski definition) is 1. The minimum Gasteiger partial charge on any atom is -0.348 e. The van der Waals surface area contributed by atoms with Gasteiger partial charge in [-0.15, -0.1) is 0 Å². The van der Waals surface area contributed by atoms with Crippen molar-refractivity contribution >= 4 is 5.91 Å². The molecule has 0 saturated heterocycles. The molecule has 2 aromatic rings. The maximum atomic E-state index is 11.9. The minimum absolute atomic E-state index is 0.00219. The van der Waals surface area contributed by atoms with E-state index in [1.807, 2.05) is 6.92 Å². The number of amides is 1. The third kappa shape index (κ3) is 3.44. The number of aryl methyl sites for hydroxylation is 2. The Labute approximate surface area is 113 Å². The van der Waals surface area contributed by atoms with E-state index in [9.17, 15) is 4.79 Å². The van der Waals surface area contributed by atoms with Crippen LogP contribution in [0.3, 0.4) is 0 Å². The summed E-state index contributed by atoms with van der Waals surface area (Å²) in [5.74, 6) is -0.0329. The first-order valence-electron chi connectivity index (χ1n) is 6.40. The highest BCUT2D eigenvalue weighted by Gasteiger charge is 2.10. The molecule has 0 spiro atoms. The van der Waals surface area contributed by atoms with Gasteiger partial charge >= 0.3 is 0 Å². The Morgan fingerprint density at radius 1 is 1.37 bits per heavy atom. The van der Waals surface area contributed by atoms with Crippen molar-refractivity contribution in [2.45, 2.75) is 33.4 Å². The SMILES string of the molecule is Cc1ccc(C(C)NC(=O)Cn2cccn2)cc1C. The van der Waals surface area contributed by atoms with Crippen LogP contribution in [0, 0.1) is 13.8 Å². The molecular weight excluding hydrogens is 238 g/mol. The van der Waals surface area contributed by atoms with Gasteiger partial charge in [0, 0.05) is 12.4 Å². The van der Waals surface area contributed by atoms with E-state index >= 15 is 0 Å². The van der Waals surface area contributed by atoms with Crippen LogP contribution in [0.1, 0.15) is 29.7 Å². The van der Waals surface area contributed by atoms with Crippen LogP contribution >= 0.6 is 0 Å². The molecule has 0 fully saturated rings. The lowest BCUT2D eigenvalue weighted by atomic mass is 10.0. The standard InChI is InChI=1S/C15H19N3O/c1-11-5-6-14(9-12(11)2)13(3)17-15(19)10-18-8-4-7-16-18/h4-9,13H,10H2,1-3H3,(H,17,19). The lowest BCUT2D eigenvalue weighted by molar-refractivity contribution is -0.122. The minimum atomic E-state index is -0.0329. The summed E-state index contributed by atoms with van der Waals surface area (Å²) in [6, 6.07) is 8.07. The van der Waals surface area contributed by atoms with Crippen LogP contribution in [-0.4, -0.2) is 15.7 Å². The fourth-order valence-corrected chi connectivity index (χ4v) is 1.95. The topological polar surface area (TPSA) is 46.9 Å². The van der Waals surface area contributed by atoms with Crippen LogP contribution in [0.25, 0.3) is 0 Å². The third-order valence-corrected chi connectivity index (χ3v) is 3.27. The van der Waals surface area contributed by atoms with E-state index in [-0.39, 0.29) is 18.5 Å². The molecule has 0 radical (unpaired) electrons. The van der Waals surface area contributed by atoms with Crippen molar-refractivity contribution < 1.29 is 4.79 Å². The van der Waals surface area contributed by atoms with Gasteiger partial charge in [0.1, 0.15) is 6.54 Å². The van der Waals surface area contributed by atoms with Gasteiger partial charge in [-0.2, -0.15) is 5.10 Å². The van der Waals surface area contributed by atoms with Crippen LogP contribution in [-0.2, 0) is 11.3 Å². The predicted molar refractivity (Wildman–Crippen MR) is 74.7 cm³/mol. The van der Waals surface area contributed by atoms with Gasteiger partial charge in [0.2, 0.25) is 5.91 Å². The Bertz CT molecular complexity index is 561. The van der Waals surface area contributed by atoms with E-state index in [1.165, 1.54) is 11.1 Å². The largest absolute Gasteiger partial charge is 0.348 e. The highest BCUT2D eigenvalue weighted by atomic mass is 16.2. The molecule has 1 heterocycles. The molecule has 1 aromatic heterocycles. The molecule has 2 rings (SSSR count). The molecule has 4 heteroatoms. The third-order valence-electron chi connectivity index (χ3n) is 3.27. The Morgan fingerprint density at radius 3 is 2.79 bits per heavy atom. The smallest absolute Gasteiger partial charge is 0.242 e. The average Bonchev–Trinajstić information content (AvgIpc) is 2.85. The van der Waals surface area contributed by atoms with Crippen molar-refractivity contribution in [3.8, 4) is 0 Å². The molecule has 0 saturated carbocycles. The van der Waals surface area contributed by atoms with E-state index in [1.54, 1.807) is 23.1 Å². The van der Waals surface area contributed by atoms with Gasteiger partial charge in [-0.05, 0) is 43.5 Å². The second-order valence-electron chi connectivity index (χ2n) is 4.84. The van der Waals surface area contributed by atoms with E-state index in [0.29, 0.717) is 0 Å². The summed E-state index contributed by atoms with van der Waals surface area (Å²) in [6.45, 7) is 6.41. The van der Waals surface area contributed by atoms with E-state index in [4.69, 9.17) is 0 Å². The molecule has 1 amide bonds. The summed E-state index contributed by atoms with van der Waals surface area (Å²) in [5.41, 5.74) is 3.63. The van der Waals surface area contributed by atoms with Gasteiger partial charge < -0.3 is 5.32 Å². The molecule has 4 nitrogen and oxygen atoms in total. The van der Waals surface area contributed by atoms with Crippen molar-refractivity contribution in [2.24, 2.45) is 0 Å². The Balaban J connectivity index is 1.98. The molecular formula is C15H19N3O. The fraction of sp³-hybridized carbons (Fsp3) is 0.333. The van der Waals surface area contributed by atoms with Crippen molar-refractivity contribution in [1.82, 2.24) is 15.1 Å². The fourth-order valence-electron chi connectivity index (χ4n) is 1.95. The zero-order valence-corrected chi connectivity index (χ0v) is 11.6. The molecule has 1 N–H and O–H groups in total. The average molecular weight is 257 g/mol. The van der Waals surface area contributed by atoms with E-state index < -0.39 is 0 Å². The number of hydrogen-bond acceptors (Lipinski definition) is 2. The number of carbonyl (C=O) groups is 1. The quantitative estimate of drug-likeness (QED) is 0.914. The normalized spacial score (nSPS) is 12.2. The molecule has 1 aromatic carbocycles. The van der Waals surface area contributed by atoms with Crippen molar-refractivity contribution in [3.63, 3.8) is 0 Å². The summed E-state index contributed by atoms with van der Waals surface area (Å²) in [4.78, 5) is 11.9. The molecule has 0 bridgehead atoms. The number of aromatic nitrogens is 2. The Hall–Kier alpha value is -2.10. The van der Waals surface area contributed by atoms with E-state index in [0.717, 1.165) is 5.56 Å². The molecule has 1 atom stereocenters. The zero-order chi connectivity index (χ0) is 13.8. The summed E-state index contributed by atoms with van der Waals surface area (Å²) in [7, 11) is 0. The Morgan fingerprint density at radius 2 is 2.16 bits per heavy atom. The Kier molecular flexibility index (Phi) is 4.00. The summed E-state index contributed by atoms with van der Waals surface area (Å²) >= 11 is 0. The lowest BCUT2D eigenvalue weighted by Gasteiger charge is -2.15. The highest BCUT2D eigenvalue weighted by Crippen LogP contribution is 2.16. The number of nitrogens with zero attached hydrogens (tertiary/aromatic N) is 2. The lowest BCUT2D eigenvalue weighted by Crippen LogP contribution is -2.30. The van der Waals surface area contributed by atoms with Crippen LogP contribution in [0.4, 0.5) is 0 Å².